The van der Waals surface area contributed by atoms with Gasteiger partial charge in [0.2, 0.25) is 0 Å². The zero-order valence-corrected chi connectivity index (χ0v) is 48.5. The van der Waals surface area contributed by atoms with Crippen LogP contribution in [0.4, 0.5) is 17.6 Å². The standard InChI is InChI=1S/C37H28N2.C33H18F4N4.2CH4.2Pt/c1-37(2,35-17-9-15-33(38-35)31-23-19-29(20-24-31)27-11-5-3-6-12-27)36-18-10-16-34(39-36)32-25-21-30(22-26-32)28-13-7-4-8-14-28;34-29-19-17-23(31(36)40-29)25-13-7-15-27(38-25)33(21-9-3-1-4-10-21,22-11-5-2-6-12-22)28-16-8-14-26(39-28)24-18-20-30(35)41-32(24)37;;;;/h3-23,25H,1-2H3;1-16,19-20H;2*1H4;;/q2*-2;;;2*+2. The van der Waals surface area contributed by atoms with Gasteiger partial charge in [-0.05, 0) is 72.0 Å². The molecule has 0 bridgehead atoms. The second kappa shape index (κ2) is 28.1. The van der Waals surface area contributed by atoms with Gasteiger partial charge in [0.1, 0.15) is 29.2 Å². The van der Waals surface area contributed by atoms with Crippen LogP contribution < -0.4 is 0 Å². The SMILES string of the molecule is C.C.CC(C)(c1cccc(-c2[c-]cc(-c3ccccc3)cc2)n1)c1cccc(-c2[c-]cc(-c3ccccc3)cc2)n1.Fc1c[c-]c(-c2cccc(C(c3ccccc3)(c3ccccc3)c3cccc(-c4[c-]cc(F)nc4F)n3)n2)c(F)n1.[Pt+2].[Pt+2]. The molecule has 12 aromatic rings. The fourth-order valence-corrected chi connectivity index (χ4v) is 9.72. The van der Waals surface area contributed by atoms with Crippen LogP contribution in [0.2, 0.25) is 0 Å². The van der Waals surface area contributed by atoms with Crippen LogP contribution in [-0.2, 0) is 53.0 Å². The summed E-state index contributed by atoms with van der Waals surface area (Å²) in [7, 11) is 0. The average Bonchev–Trinajstić information content (AvgIpc) is 3.66. The van der Waals surface area contributed by atoms with Crippen LogP contribution in [-0.4, -0.2) is 29.9 Å². The Hall–Kier alpha value is -8.68. The molecule has 6 nitrogen and oxygen atoms in total. The van der Waals surface area contributed by atoms with E-state index in [1.54, 1.807) is 36.4 Å². The van der Waals surface area contributed by atoms with E-state index in [0.29, 0.717) is 11.4 Å². The van der Waals surface area contributed by atoms with Crippen molar-refractivity contribution in [2.24, 2.45) is 0 Å². The molecule has 0 atom stereocenters. The van der Waals surface area contributed by atoms with Crippen molar-refractivity contribution in [1.82, 2.24) is 29.9 Å². The first kappa shape index (κ1) is 62.9. The predicted octanol–water partition coefficient (Wildman–Crippen LogP) is 17.5. The normalized spacial score (nSPS) is 10.8. The summed E-state index contributed by atoms with van der Waals surface area (Å²) < 4.78 is 56.6. The summed E-state index contributed by atoms with van der Waals surface area (Å²) in [5.74, 6) is -4.08. The first-order valence-corrected chi connectivity index (χ1v) is 25.7. The van der Waals surface area contributed by atoms with Crippen molar-refractivity contribution in [2.75, 3.05) is 0 Å². The van der Waals surface area contributed by atoms with E-state index >= 15 is 0 Å². The summed E-state index contributed by atoms with van der Waals surface area (Å²) in [6, 6.07) is 88.5. The van der Waals surface area contributed by atoms with Gasteiger partial charge in [-0.3, -0.25) is 19.9 Å². The number of nitrogens with zero attached hydrogens (tertiary/aromatic N) is 6. The molecule has 0 aliphatic rings. The second-order valence-electron chi connectivity index (χ2n) is 19.2. The number of halogens is 4. The minimum Gasteiger partial charge on any atom is -0.300 e. The zero-order valence-electron chi connectivity index (χ0n) is 43.9. The van der Waals surface area contributed by atoms with Crippen LogP contribution in [0.15, 0.2) is 243 Å². The van der Waals surface area contributed by atoms with Gasteiger partial charge < -0.3 is 9.97 Å². The Labute approximate surface area is 517 Å². The number of aromatic nitrogens is 6. The Morgan fingerprint density at radius 3 is 0.988 bits per heavy atom. The molecule has 0 fully saturated rings. The third-order valence-electron chi connectivity index (χ3n) is 13.9. The molecule has 6 heterocycles. The van der Waals surface area contributed by atoms with Crippen molar-refractivity contribution < 1.29 is 59.7 Å². The van der Waals surface area contributed by atoms with Crippen LogP contribution in [0.3, 0.4) is 0 Å². The number of pyridine rings is 6. The van der Waals surface area contributed by atoms with E-state index in [4.69, 9.17) is 19.9 Å². The molecule has 0 spiro atoms. The van der Waals surface area contributed by atoms with Gasteiger partial charge in [-0.2, -0.15) is 0 Å². The fraction of sp³-hybridized carbons (Fsp3) is 0.0833. The van der Waals surface area contributed by atoms with Gasteiger partial charge in [-0.25, -0.2) is 17.6 Å². The monoisotopic (exact) mass is 1470 g/mol. The molecule has 84 heavy (non-hydrogen) atoms. The molecule has 0 unspecified atom stereocenters. The molecule has 0 radical (unpaired) electrons. The van der Waals surface area contributed by atoms with E-state index in [1.807, 2.05) is 97.1 Å². The minimum absolute atomic E-state index is 0. The summed E-state index contributed by atoms with van der Waals surface area (Å²) in [4.78, 5) is 26.4. The molecule has 0 saturated heterocycles. The van der Waals surface area contributed by atoms with Gasteiger partial charge in [-0.1, -0.05) is 230 Å². The summed E-state index contributed by atoms with van der Waals surface area (Å²) in [5.41, 5.74) is 11.4. The van der Waals surface area contributed by atoms with E-state index in [0.717, 1.165) is 68.3 Å². The largest absolute Gasteiger partial charge is 2.00 e. The van der Waals surface area contributed by atoms with Gasteiger partial charge >= 0.3 is 42.1 Å². The number of benzene rings is 6. The van der Waals surface area contributed by atoms with E-state index in [2.05, 4.69) is 145 Å². The first-order valence-electron chi connectivity index (χ1n) is 25.7. The first-order chi connectivity index (χ1) is 39.0. The van der Waals surface area contributed by atoms with E-state index < -0.39 is 29.2 Å². The molecule has 6 aromatic heterocycles. The van der Waals surface area contributed by atoms with Gasteiger partial charge in [0.25, 0.3) is 0 Å². The summed E-state index contributed by atoms with van der Waals surface area (Å²) in [6.45, 7) is 4.35. The molecule has 6 aromatic carbocycles. The zero-order chi connectivity index (χ0) is 55.1. The van der Waals surface area contributed by atoms with Crippen molar-refractivity contribution in [3.63, 3.8) is 0 Å². The van der Waals surface area contributed by atoms with Crippen molar-refractivity contribution in [3.05, 3.63) is 325 Å². The Morgan fingerprint density at radius 1 is 0.310 bits per heavy atom. The smallest absolute Gasteiger partial charge is 0.300 e. The van der Waals surface area contributed by atoms with E-state index in [-0.39, 0.29) is 84.9 Å². The molecular weight excluding hydrogens is 1410 g/mol. The van der Waals surface area contributed by atoms with Gasteiger partial charge in [0, 0.05) is 16.8 Å². The average molecular weight is 1470 g/mol. The van der Waals surface area contributed by atoms with Gasteiger partial charge in [0.15, 0.2) is 0 Å². The summed E-state index contributed by atoms with van der Waals surface area (Å²) >= 11 is 0. The molecule has 420 valence electrons. The van der Waals surface area contributed by atoms with Gasteiger partial charge in [0.05, 0.1) is 11.4 Å². The number of hydrogen-bond acceptors (Lipinski definition) is 6. The van der Waals surface area contributed by atoms with E-state index in [1.165, 1.54) is 11.1 Å². The van der Waals surface area contributed by atoms with Crippen LogP contribution in [0.5, 0.6) is 0 Å². The third kappa shape index (κ3) is 13.4. The number of hydrogen-bond donors (Lipinski definition) is 0. The minimum atomic E-state index is -1.19. The summed E-state index contributed by atoms with van der Waals surface area (Å²) in [5, 5.41) is 0. The van der Waals surface area contributed by atoms with Crippen LogP contribution in [0, 0.1) is 48.1 Å². The number of rotatable bonds is 12. The van der Waals surface area contributed by atoms with Crippen LogP contribution >= 0.6 is 0 Å². The molecule has 0 amide bonds. The van der Waals surface area contributed by atoms with Crippen LogP contribution in [0.1, 0.15) is 62.6 Å². The maximum Gasteiger partial charge on any atom is 2.00 e. The molecule has 0 saturated carbocycles. The van der Waals surface area contributed by atoms with Crippen LogP contribution in [0.25, 0.3) is 67.3 Å². The molecule has 12 rings (SSSR count). The molecule has 0 aliphatic carbocycles. The summed E-state index contributed by atoms with van der Waals surface area (Å²) in [6.07, 6.45) is 0. The molecular formula is C72H54F4N6Pt2. The Morgan fingerprint density at radius 2 is 0.643 bits per heavy atom. The maximum atomic E-state index is 14.7. The quantitative estimate of drug-likeness (QED) is 0.0689. The van der Waals surface area contributed by atoms with Gasteiger partial charge in [-0.15, -0.1) is 71.8 Å². The van der Waals surface area contributed by atoms with Crippen molar-refractivity contribution >= 4 is 0 Å². The van der Waals surface area contributed by atoms with Crippen molar-refractivity contribution in [2.45, 2.75) is 39.5 Å². The molecule has 12 heteroatoms. The Bertz CT molecular complexity index is 3820. The van der Waals surface area contributed by atoms with E-state index in [9.17, 15) is 17.6 Å². The topological polar surface area (TPSA) is 77.3 Å². The predicted molar refractivity (Wildman–Crippen MR) is 318 cm³/mol. The third-order valence-corrected chi connectivity index (χ3v) is 13.9. The maximum absolute atomic E-state index is 14.7. The fourth-order valence-electron chi connectivity index (χ4n) is 9.72. The Balaban J connectivity index is 0.000000230. The Kier molecular flexibility index (Phi) is 21.0. The molecule has 0 aliphatic heterocycles. The second-order valence-corrected chi connectivity index (χ2v) is 19.2. The van der Waals surface area contributed by atoms with Crippen molar-refractivity contribution in [1.29, 1.82) is 0 Å². The molecule has 0 N–H and O–H groups in total. The van der Waals surface area contributed by atoms with Crippen molar-refractivity contribution in [3.8, 4) is 67.3 Å².